The summed E-state index contributed by atoms with van der Waals surface area (Å²) < 4.78 is 87.6. The van der Waals surface area contributed by atoms with Crippen molar-refractivity contribution in [3.8, 4) is 5.75 Å². The first kappa shape index (κ1) is 21.0. The van der Waals surface area contributed by atoms with Crippen LogP contribution in [0.15, 0.2) is 40.1 Å². The van der Waals surface area contributed by atoms with E-state index < -0.39 is 41.7 Å². The molecule has 0 aliphatic carbocycles. The zero-order chi connectivity index (χ0) is 20.8. The second-order valence-corrected chi connectivity index (χ2v) is 9.48. The van der Waals surface area contributed by atoms with E-state index in [1.54, 1.807) is 6.92 Å². The Morgan fingerprint density at radius 2 is 1.44 bits per heavy atom. The fourth-order valence-corrected chi connectivity index (χ4v) is 4.28. The number of aromatic hydroxyl groups is 1. The van der Waals surface area contributed by atoms with Crippen molar-refractivity contribution in [1.29, 1.82) is 0 Å². The van der Waals surface area contributed by atoms with Crippen LogP contribution < -0.4 is 4.72 Å². The normalized spacial score (nSPS) is 12.8. The maximum absolute atomic E-state index is 12.8. The summed E-state index contributed by atoms with van der Waals surface area (Å²) >= 11 is 0. The van der Waals surface area contributed by atoms with Crippen molar-refractivity contribution in [2.45, 2.75) is 36.1 Å². The SMILES string of the molecule is Cc1ccc(S(=O)(=O)c2cc(NS(=O)(=O)C(F)(F)F)c(C)c(C)c2O)cc1. The first-order valence-corrected chi connectivity index (χ1v) is 10.4. The van der Waals surface area contributed by atoms with E-state index in [-0.39, 0.29) is 16.0 Å². The number of halogens is 3. The van der Waals surface area contributed by atoms with Gasteiger partial charge in [-0.05, 0) is 50.1 Å². The molecule has 0 radical (unpaired) electrons. The molecule has 11 heteroatoms. The van der Waals surface area contributed by atoms with Crippen LogP contribution in [0.3, 0.4) is 0 Å². The number of sulfonamides is 1. The van der Waals surface area contributed by atoms with Gasteiger partial charge in [-0.15, -0.1) is 0 Å². The Morgan fingerprint density at radius 3 is 1.93 bits per heavy atom. The number of hydrogen-bond donors (Lipinski definition) is 2. The van der Waals surface area contributed by atoms with Gasteiger partial charge in [0.15, 0.2) is 0 Å². The van der Waals surface area contributed by atoms with Gasteiger partial charge in [0.1, 0.15) is 10.6 Å². The van der Waals surface area contributed by atoms with Crippen LogP contribution in [0.1, 0.15) is 16.7 Å². The molecule has 0 saturated heterocycles. The Hall–Kier alpha value is -2.27. The van der Waals surface area contributed by atoms with Crippen molar-refractivity contribution in [3.63, 3.8) is 0 Å². The molecule has 0 unspecified atom stereocenters. The lowest BCUT2D eigenvalue weighted by atomic mass is 10.1. The molecular weight excluding hydrogens is 407 g/mol. The number of nitrogens with one attached hydrogen (secondary N) is 1. The summed E-state index contributed by atoms with van der Waals surface area (Å²) in [5, 5.41) is 10.2. The Bertz CT molecular complexity index is 1090. The molecule has 2 aromatic rings. The molecule has 0 saturated carbocycles. The van der Waals surface area contributed by atoms with E-state index in [1.807, 2.05) is 0 Å². The second kappa shape index (κ2) is 6.71. The molecular formula is C16H16F3NO5S2. The fraction of sp³-hybridized carbons (Fsp3) is 0.250. The third-order valence-corrected chi connectivity index (χ3v) is 6.88. The molecule has 0 bridgehead atoms. The molecule has 0 amide bonds. The summed E-state index contributed by atoms with van der Waals surface area (Å²) in [7, 11) is -10.1. The lowest BCUT2D eigenvalue weighted by Gasteiger charge is -2.17. The highest BCUT2D eigenvalue weighted by molar-refractivity contribution is 7.93. The van der Waals surface area contributed by atoms with Crippen LogP contribution in [0.4, 0.5) is 18.9 Å². The maximum Gasteiger partial charge on any atom is 0.516 e. The first-order chi connectivity index (χ1) is 12.2. The molecule has 0 aliphatic heterocycles. The van der Waals surface area contributed by atoms with Gasteiger partial charge in [-0.25, -0.2) is 8.42 Å². The molecule has 0 heterocycles. The summed E-state index contributed by atoms with van der Waals surface area (Å²) in [6.07, 6.45) is 0. The summed E-state index contributed by atoms with van der Waals surface area (Å²) in [5.74, 6) is -0.664. The van der Waals surface area contributed by atoms with E-state index >= 15 is 0 Å². The molecule has 6 nitrogen and oxygen atoms in total. The third-order valence-electron chi connectivity index (χ3n) is 4.00. The molecule has 27 heavy (non-hydrogen) atoms. The zero-order valence-electron chi connectivity index (χ0n) is 14.4. The van der Waals surface area contributed by atoms with E-state index in [2.05, 4.69) is 0 Å². The number of hydrogen-bond acceptors (Lipinski definition) is 5. The van der Waals surface area contributed by atoms with Gasteiger partial charge in [-0.3, -0.25) is 4.72 Å². The van der Waals surface area contributed by atoms with E-state index in [1.165, 1.54) is 42.8 Å². The standard InChI is InChI=1S/C16H16F3NO5S2/c1-9-4-6-12(7-5-9)26(22,23)14-8-13(10(2)11(3)15(14)21)20-27(24,25)16(17,18)19/h4-8,20-21H,1-3H3. The van der Waals surface area contributed by atoms with Crippen LogP contribution in [-0.2, 0) is 19.9 Å². The maximum atomic E-state index is 12.8. The van der Waals surface area contributed by atoms with Crippen molar-refractivity contribution in [3.05, 3.63) is 47.0 Å². The molecule has 2 N–H and O–H groups in total. The monoisotopic (exact) mass is 423 g/mol. The van der Waals surface area contributed by atoms with Crippen LogP contribution in [0, 0.1) is 20.8 Å². The van der Waals surface area contributed by atoms with Crippen LogP contribution in [-0.4, -0.2) is 27.5 Å². The van der Waals surface area contributed by atoms with Crippen molar-refractivity contribution in [2.75, 3.05) is 4.72 Å². The van der Waals surface area contributed by atoms with Crippen LogP contribution in [0.2, 0.25) is 0 Å². The minimum atomic E-state index is -5.76. The Morgan fingerprint density at radius 1 is 0.926 bits per heavy atom. The molecule has 0 atom stereocenters. The highest BCUT2D eigenvalue weighted by Gasteiger charge is 2.46. The number of aryl methyl sites for hydroxylation is 1. The molecule has 0 aromatic heterocycles. The molecule has 0 aliphatic rings. The first-order valence-electron chi connectivity index (χ1n) is 7.42. The van der Waals surface area contributed by atoms with Gasteiger partial charge in [0, 0.05) is 0 Å². The third kappa shape index (κ3) is 3.88. The topological polar surface area (TPSA) is 101 Å². The van der Waals surface area contributed by atoms with Gasteiger partial charge in [0.25, 0.3) is 0 Å². The highest BCUT2D eigenvalue weighted by atomic mass is 32.2. The van der Waals surface area contributed by atoms with Gasteiger partial charge in [0.2, 0.25) is 9.84 Å². The predicted molar refractivity (Wildman–Crippen MR) is 92.8 cm³/mol. The molecule has 2 aromatic carbocycles. The number of alkyl halides is 3. The lowest BCUT2D eigenvalue weighted by Crippen LogP contribution is -2.30. The predicted octanol–water partition coefficient (Wildman–Crippen LogP) is 3.41. The van der Waals surface area contributed by atoms with Gasteiger partial charge in [-0.2, -0.15) is 21.6 Å². The molecule has 0 fully saturated rings. The quantitative estimate of drug-likeness (QED) is 0.734. The number of phenolic OH excluding ortho intramolecular Hbond substituents is 1. The Kier molecular flexibility index (Phi) is 5.23. The Balaban J connectivity index is 2.69. The average Bonchev–Trinajstić information content (AvgIpc) is 2.54. The minimum absolute atomic E-state index is 0.0387. The lowest BCUT2D eigenvalue weighted by molar-refractivity contribution is -0.0429. The molecule has 148 valence electrons. The Labute approximate surface area is 154 Å². The van der Waals surface area contributed by atoms with Gasteiger partial charge in [-0.1, -0.05) is 17.7 Å². The van der Waals surface area contributed by atoms with Crippen molar-refractivity contribution < 1.29 is 35.1 Å². The van der Waals surface area contributed by atoms with Gasteiger partial charge in [0.05, 0.1) is 10.6 Å². The van der Waals surface area contributed by atoms with Crippen LogP contribution >= 0.6 is 0 Å². The number of sulfone groups is 1. The smallest absolute Gasteiger partial charge is 0.506 e. The average molecular weight is 423 g/mol. The summed E-state index contributed by atoms with van der Waals surface area (Å²) in [4.78, 5) is -0.898. The number of rotatable bonds is 4. The second-order valence-electron chi connectivity index (χ2n) is 5.89. The van der Waals surface area contributed by atoms with E-state index in [9.17, 15) is 35.1 Å². The summed E-state index contributed by atoms with van der Waals surface area (Å²) in [6, 6.07) is 6.25. The van der Waals surface area contributed by atoms with Gasteiger partial charge >= 0.3 is 15.5 Å². The highest BCUT2D eigenvalue weighted by Crippen LogP contribution is 2.38. The summed E-state index contributed by atoms with van der Waals surface area (Å²) in [5.41, 5.74) is -5.50. The van der Waals surface area contributed by atoms with E-state index in [4.69, 9.17) is 0 Å². The summed E-state index contributed by atoms with van der Waals surface area (Å²) in [6.45, 7) is 4.25. The minimum Gasteiger partial charge on any atom is -0.506 e. The van der Waals surface area contributed by atoms with E-state index in [0.717, 1.165) is 5.56 Å². The molecule has 0 spiro atoms. The number of anilines is 1. The van der Waals surface area contributed by atoms with Crippen molar-refractivity contribution in [2.24, 2.45) is 0 Å². The zero-order valence-corrected chi connectivity index (χ0v) is 16.1. The van der Waals surface area contributed by atoms with Crippen LogP contribution in [0.5, 0.6) is 5.75 Å². The number of phenols is 1. The largest absolute Gasteiger partial charge is 0.516 e. The number of benzene rings is 2. The van der Waals surface area contributed by atoms with E-state index in [0.29, 0.717) is 6.07 Å². The molecule has 2 rings (SSSR count). The van der Waals surface area contributed by atoms with Gasteiger partial charge < -0.3 is 5.11 Å². The van der Waals surface area contributed by atoms with Crippen molar-refractivity contribution >= 4 is 25.5 Å². The fourth-order valence-electron chi connectivity index (χ4n) is 2.23. The van der Waals surface area contributed by atoms with Crippen molar-refractivity contribution in [1.82, 2.24) is 0 Å². The van der Waals surface area contributed by atoms with Crippen LogP contribution in [0.25, 0.3) is 0 Å².